The van der Waals surface area contributed by atoms with Crippen LogP contribution in [0.15, 0.2) is 52.9 Å². The molecule has 144 valence electrons. The summed E-state index contributed by atoms with van der Waals surface area (Å²) in [5.74, 6) is -0.645. The second-order valence-electron chi connectivity index (χ2n) is 7.55. The number of para-hydroxylation sites is 1. The molecule has 1 saturated heterocycles. The summed E-state index contributed by atoms with van der Waals surface area (Å²) in [7, 11) is 0. The summed E-state index contributed by atoms with van der Waals surface area (Å²) >= 11 is 0. The molecule has 0 radical (unpaired) electrons. The van der Waals surface area contributed by atoms with E-state index in [1.165, 1.54) is 0 Å². The van der Waals surface area contributed by atoms with Crippen molar-refractivity contribution in [3.05, 3.63) is 71.0 Å². The van der Waals surface area contributed by atoms with E-state index < -0.39 is 11.4 Å². The molecular formula is C23H23NO4. The number of carbonyl (C=O) groups is 2. The lowest BCUT2D eigenvalue weighted by atomic mass is 9.73. The normalized spacial score (nSPS) is 16.3. The van der Waals surface area contributed by atoms with Crippen molar-refractivity contribution in [3.63, 3.8) is 0 Å². The summed E-state index contributed by atoms with van der Waals surface area (Å²) < 4.78 is 5.92. The SMILES string of the molecule is Cc1c(C(=O)N2CCC(C(=O)O)(c3ccccc3)CC2)oc2c(C)cccc12. The predicted octanol–water partition coefficient (Wildman–Crippen LogP) is 4.31. The van der Waals surface area contributed by atoms with Crippen molar-refractivity contribution >= 4 is 22.8 Å². The molecule has 0 saturated carbocycles. The fourth-order valence-corrected chi connectivity index (χ4v) is 4.21. The van der Waals surface area contributed by atoms with Crippen molar-refractivity contribution < 1.29 is 19.1 Å². The first-order valence-corrected chi connectivity index (χ1v) is 9.51. The summed E-state index contributed by atoms with van der Waals surface area (Å²) in [6.07, 6.45) is 0.771. The summed E-state index contributed by atoms with van der Waals surface area (Å²) in [5, 5.41) is 10.9. The first kappa shape index (κ1) is 18.3. The van der Waals surface area contributed by atoms with E-state index in [2.05, 4.69) is 0 Å². The number of furan rings is 1. The van der Waals surface area contributed by atoms with E-state index >= 15 is 0 Å². The van der Waals surface area contributed by atoms with Crippen LogP contribution in [-0.4, -0.2) is 35.0 Å². The van der Waals surface area contributed by atoms with Gasteiger partial charge in [-0.15, -0.1) is 0 Å². The van der Waals surface area contributed by atoms with E-state index in [-0.39, 0.29) is 5.91 Å². The Morgan fingerprint density at radius 3 is 2.29 bits per heavy atom. The quantitative estimate of drug-likeness (QED) is 0.738. The molecule has 2 heterocycles. The second kappa shape index (κ2) is 6.82. The van der Waals surface area contributed by atoms with Crippen LogP contribution in [0.4, 0.5) is 0 Å². The van der Waals surface area contributed by atoms with Crippen LogP contribution in [-0.2, 0) is 10.2 Å². The van der Waals surface area contributed by atoms with Crippen molar-refractivity contribution in [2.75, 3.05) is 13.1 Å². The van der Waals surface area contributed by atoms with Gasteiger partial charge >= 0.3 is 5.97 Å². The molecule has 0 bridgehead atoms. The van der Waals surface area contributed by atoms with Crippen LogP contribution in [0.2, 0.25) is 0 Å². The number of hydrogen-bond donors (Lipinski definition) is 1. The molecule has 3 aromatic rings. The number of nitrogens with zero attached hydrogens (tertiary/aromatic N) is 1. The number of carboxylic acids is 1. The molecule has 5 heteroatoms. The van der Waals surface area contributed by atoms with Crippen LogP contribution in [0.5, 0.6) is 0 Å². The van der Waals surface area contributed by atoms with Gasteiger partial charge in [0.2, 0.25) is 0 Å². The summed E-state index contributed by atoms with van der Waals surface area (Å²) in [6, 6.07) is 15.2. The van der Waals surface area contributed by atoms with Gasteiger partial charge in [-0.1, -0.05) is 48.5 Å². The van der Waals surface area contributed by atoms with Gasteiger partial charge in [0.1, 0.15) is 5.58 Å². The van der Waals surface area contributed by atoms with Crippen molar-refractivity contribution in [1.82, 2.24) is 4.90 Å². The third-order valence-electron chi connectivity index (χ3n) is 5.99. The molecule has 1 N–H and O–H groups in total. The van der Waals surface area contributed by atoms with E-state index in [4.69, 9.17) is 4.42 Å². The molecule has 1 amide bonds. The number of piperidine rings is 1. The van der Waals surface area contributed by atoms with Crippen molar-refractivity contribution in [2.45, 2.75) is 32.1 Å². The largest absolute Gasteiger partial charge is 0.481 e. The van der Waals surface area contributed by atoms with Crippen LogP contribution in [0.1, 0.15) is 40.1 Å². The van der Waals surface area contributed by atoms with Gasteiger partial charge in [0.15, 0.2) is 5.76 Å². The lowest BCUT2D eigenvalue weighted by Gasteiger charge is -2.39. The summed E-state index contributed by atoms with van der Waals surface area (Å²) in [4.78, 5) is 26.9. The van der Waals surface area contributed by atoms with Gasteiger partial charge < -0.3 is 14.4 Å². The molecule has 1 aliphatic heterocycles. The Kier molecular flexibility index (Phi) is 4.46. The molecule has 28 heavy (non-hydrogen) atoms. The third kappa shape index (κ3) is 2.78. The predicted molar refractivity (Wildman–Crippen MR) is 107 cm³/mol. The Bertz CT molecular complexity index is 1040. The van der Waals surface area contributed by atoms with Gasteiger partial charge in [-0.05, 0) is 37.8 Å². The molecule has 0 unspecified atom stereocenters. The number of hydrogen-bond acceptors (Lipinski definition) is 3. The third-order valence-corrected chi connectivity index (χ3v) is 5.99. The highest BCUT2D eigenvalue weighted by molar-refractivity contribution is 5.99. The highest BCUT2D eigenvalue weighted by Gasteiger charge is 2.44. The molecule has 0 aliphatic carbocycles. The van der Waals surface area contributed by atoms with Gasteiger partial charge in [-0.3, -0.25) is 9.59 Å². The molecule has 0 spiro atoms. The van der Waals surface area contributed by atoms with Crippen LogP contribution >= 0.6 is 0 Å². The number of aryl methyl sites for hydroxylation is 2. The molecular weight excluding hydrogens is 354 g/mol. The molecule has 5 nitrogen and oxygen atoms in total. The Hall–Kier alpha value is -3.08. The first-order valence-electron chi connectivity index (χ1n) is 9.51. The number of carboxylic acid groups (broad SMARTS) is 1. The maximum Gasteiger partial charge on any atom is 0.314 e. The second-order valence-corrected chi connectivity index (χ2v) is 7.55. The van der Waals surface area contributed by atoms with E-state index in [1.807, 2.05) is 62.4 Å². The lowest BCUT2D eigenvalue weighted by molar-refractivity contribution is -0.145. The minimum Gasteiger partial charge on any atom is -0.481 e. The summed E-state index contributed by atoms with van der Waals surface area (Å²) in [6.45, 7) is 4.63. The van der Waals surface area contributed by atoms with Crippen molar-refractivity contribution in [2.24, 2.45) is 0 Å². The monoisotopic (exact) mass is 377 g/mol. The van der Waals surface area contributed by atoms with Gasteiger partial charge in [0.05, 0.1) is 5.41 Å². The van der Waals surface area contributed by atoms with Gasteiger partial charge in [0, 0.05) is 24.0 Å². The van der Waals surface area contributed by atoms with Crippen LogP contribution in [0.3, 0.4) is 0 Å². The number of carbonyl (C=O) groups excluding carboxylic acids is 1. The highest BCUT2D eigenvalue weighted by atomic mass is 16.4. The van der Waals surface area contributed by atoms with Crippen LogP contribution in [0, 0.1) is 13.8 Å². The zero-order valence-electron chi connectivity index (χ0n) is 16.1. The maximum absolute atomic E-state index is 13.1. The molecule has 2 aromatic carbocycles. The fourth-order valence-electron chi connectivity index (χ4n) is 4.21. The Morgan fingerprint density at radius 2 is 1.68 bits per heavy atom. The van der Waals surface area contributed by atoms with E-state index in [9.17, 15) is 14.7 Å². The smallest absolute Gasteiger partial charge is 0.314 e. The zero-order chi connectivity index (χ0) is 19.9. The number of likely N-dealkylation sites (tertiary alicyclic amines) is 1. The average molecular weight is 377 g/mol. The maximum atomic E-state index is 13.1. The lowest BCUT2D eigenvalue weighted by Crippen LogP contribution is -2.49. The Labute approximate surface area is 163 Å². The van der Waals surface area contributed by atoms with Gasteiger partial charge in [-0.2, -0.15) is 0 Å². The number of rotatable bonds is 3. The molecule has 1 aliphatic rings. The number of amides is 1. The zero-order valence-corrected chi connectivity index (χ0v) is 16.1. The minimum atomic E-state index is -0.947. The Balaban J connectivity index is 1.60. The number of benzene rings is 2. The van der Waals surface area contributed by atoms with E-state index in [1.54, 1.807) is 4.90 Å². The molecule has 1 aromatic heterocycles. The van der Waals surface area contributed by atoms with Crippen LogP contribution in [0.25, 0.3) is 11.0 Å². The molecule has 4 rings (SSSR count). The molecule has 0 atom stereocenters. The number of aliphatic carboxylic acids is 1. The standard InChI is InChI=1S/C23H23NO4/c1-15-7-6-10-18-16(2)20(28-19(15)18)21(25)24-13-11-23(12-14-24,22(26)27)17-8-4-3-5-9-17/h3-10H,11-14H2,1-2H3,(H,26,27). The van der Waals surface area contributed by atoms with Gasteiger partial charge in [-0.25, -0.2) is 0 Å². The van der Waals surface area contributed by atoms with Crippen LogP contribution < -0.4 is 0 Å². The van der Waals surface area contributed by atoms with Crippen molar-refractivity contribution in [1.29, 1.82) is 0 Å². The topological polar surface area (TPSA) is 70.8 Å². The molecule has 1 fully saturated rings. The average Bonchev–Trinajstić information content (AvgIpc) is 3.06. The number of fused-ring (bicyclic) bond motifs is 1. The summed E-state index contributed by atoms with van der Waals surface area (Å²) in [5.41, 5.74) is 2.42. The highest BCUT2D eigenvalue weighted by Crippen LogP contribution is 2.37. The van der Waals surface area contributed by atoms with Crippen molar-refractivity contribution in [3.8, 4) is 0 Å². The van der Waals surface area contributed by atoms with E-state index in [0.717, 1.165) is 27.7 Å². The fraction of sp³-hybridized carbons (Fsp3) is 0.304. The first-order chi connectivity index (χ1) is 13.4. The van der Waals surface area contributed by atoms with E-state index in [0.29, 0.717) is 31.7 Å². The van der Waals surface area contributed by atoms with Gasteiger partial charge in [0.25, 0.3) is 5.91 Å². The minimum absolute atomic E-state index is 0.167. The Morgan fingerprint density at radius 1 is 1.00 bits per heavy atom.